The van der Waals surface area contributed by atoms with Crippen molar-refractivity contribution in [3.05, 3.63) is 34.2 Å². The van der Waals surface area contributed by atoms with E-state index in [0.29, 0.717) is 24.8 Å². The predicted octanol–water partition coefficient (Wildman–Crippen LogP) is 3.97. The number of carbonyl (C=O) groups excluding carboxylic acids is 1. The summed E-state index contributed by atoms with van der Waals surface area (Å²) in [6.07, 6.45) is 9.08. The third-order valence-electron chi connectivity index (χ3n) is 7.21. The summed E-state index contributed by atoms with van der Waals surface area (Å²) in [5.74, 6) is 0.560. The van der Waals surface area contributed by atoms with Gasteiger partial charge in [0.2, 0.25) is 6.29 Å². The van der Waals surface area contributed by atoms with E-state index < -0.39 is 6.29 Å². The average molecular weight is 463 g/mol. The van der Waals surface area contributed by atoms with Crippen molar-refractivity contribution >= 4 is 17.2 Å². The molecule has 32 heavy (non-hydrogen) atoms. The molecule has 0 unspecified atom stereocenters. The number of aliphatic hydroxyl groups is 1. The minimum Gasteiger partial charge on any atom is -0.459 e. The maximum absolute atomic E-state index is 13.4. The number of aliphatic hydroxyl groups excluding tert-OH is 1. The first-order valence-corrected chi connectivity index (χ1v) is 13.3. The second-order valence-electron chi connectivity index (χ2n) is 9.20. The van der Waals surface area contributed by atoms with Crippen LogP contribution in [-0.2, 0) is 14.3 Å². The average Bonchev–Trinajstić information content (AvgIpc) is 3.38. The number of hydrogen-bond donors (Lipinski definition) is 1. The molecule has 0 aliphatic carbocycles. The fraction of sp³-hybridized carbons (Fsp3) is 0.720. The third-order valence-corrected chi connectivity index (χ3v) is 7.91. The molecule has 1 N–H and O–H groups in total. The van der Waals surface area contributed by atoms with Crippen molar-refractivity contribution in [1.29, 1.82) is 0 Å². The fourth-order valence-corrected chi connectivity index (χ4v) is 6.18. The standard InChI is InChI=1S/C25H38N2O4S/c1-2-30-25-21(7-6-15-28)22(19-10-16-32-18-19)17-23(31-25)24(29)27-13-8-20(9-14-27)26-11-4-3-5-12-26/h10,16-18,20-22,25,28H,2-9,11-15H2,1H3/t21-,22-,25-/m0/s1. The van der Waals surface area contributed by atoms with Crippen molar-refractivity contribution in [3.8, 4) is 0 Å². The molecule has 6 nitrogen and oxygen atoms in total. The summed E-state index contributed by atoms with van der Waals surface area (Å²) in [7, 11) is 0. The van der Waals surface area contributed by atoms with Crippen molar-refractivity contribution in [2.24, 2.45) is 5.92 Å². The molecule has 0 saturated carbocycles. The largest absolute Gasteiger partial charge is 0.459 e. The molecule has 1 aromatic heterocycles. The van der Waals surface area contributed by atoms with Gasteiger partial charge in [-0.05, 0) is 87.0 Å². The molecule has 4 heterocycles. The fourth-order valence-electron chi connectivity index (χ4n) is 5.48. The number of allylic oxidation sites excluding steroid dienone is 1. The first-order chi connectivity index (χ1) is 15.7. The van der Waals surface area contributed by atoms with E-state index in [-0.39, 0.29) is 24.3 Å². The Balaban J connectivity index is 1.47. The Hall–Kier alpha value is -1.41. The van der Waals surface area contributed by atoms with Crippen LogP contribution >= 0.6 is 11.3 Å². The van der Waals surface area contributed by atoms with Crippen LogP contribution in [0.4, 0.5) is 0 Å². The molecule has 0 aromatic carbocycles. The molecule has 0 spiro atoms. The topological polar surface area (TPSA) is 62.2 Å². The number of amides is 1. The van der Waals surface area contributed by atoms with E-state index in [1.165, 1.54) is 37.9 Å². The minimum atomic E-state index is -0.466. The molecule has 2 fully saturated rings. The van der Waals surface area contributed by atoms with Crippen LogP contribution in [0.2, 0.25) is 0 Å². The van der Waals surface area contributed by atoms with Gasteiger partial charge in [0, 0.05) is 44.2 Å². The van der Waals surface area contributed by atoms with Crippen LogP contribution in [0.25, 0.3) is 0 Å². The van der Waals surface area contributed by atoms with Crippen LogP contribution in [0, 0.1) is 5.92 Å². The van der Waals surface area contributed by atoms with Crippen LogP contribution in [0.5, 0.6) is 0 Å². The Labute approximate surface area is 196 Å². The number of ether oxygens (including phenoxy) is 2. The van der Waals surface area contributed by atoms with Crippen LogP contribution < -0.4 is 0 Å². The maximum atomic E-state index is 13.4. The van der Waals surface area contributed by atoms with Gasteiger partial charge in [0.05, 0.1) is 0 Å². The molecule has 3 aliphatic heterocycles. The van der Waals surface area contributed by atoms with Crippen molar-refractivity contribution in [2.45, 2.75) is 70.1 Å². The molecule has 3 atom stereocenters. The predicted molar refractivity (Wildman–Crippen MR) is 126 cm³/mol. The van der Waals surface area contributed by atoms with Gasteiger partial charge in [-0.2, -0.15) is 11.3 Å². The number of hydrogen-bond acceptors (Lipinski definition) is 6. The summed E-state index contributed by atoms with van der Waals surface area (Å²) in [4.78, 5) is 18.0. The molecular formula is C25H38N2O4S. The van der Waals surface area contributed by atoms with E-state index in [1.807, 2.05) is 17.9 Å². The lowest BCUT2D eigenvalue weighted by Gasteiger charge is -2.41. The number of piperidine rings is 2. The van der Waals surface area contributed by atoms with Crippen LogP contribution in [0.3, 0.4) is 0 Å². The lowest BCUT2D eigenvalue weighted by atomic mass is 9.81. The zero-order valence-corrected chi connectivity index (χ0v) is 20.1. The highest BCUT2D eigenvalue weighted by atomic mass is 32.1. The van der Waals surface area contributed by atoms with Gasteiger partial charge in [-0.15, -0.1) is 0 Å². The number of thiophene rings is 1. The van der Waals surface area contributed by atoms with Crippen molar-refractivity contribution in [1.82, 2.24) is 9.80 Å². The highest BCUT2D eigenvalue weighted by Crippen LogP contribution is 2.40. The number of carbonyl (C=O) groups is 1. The second kappa shape index (κ2) is 11.6. The Morgan fingerprint density at radius 3 is 2.66 bits per heavy atom. The number of nitrogens with zero attached hydrogens (tertiary/aromatic N) is 2. The quantitative estimate of drug-likeness (QED) is 0.633. The summed E-state index contributed by atoms with van der Waals surface area (Å²) < 4.78 is 12.1. The molecular weight excluding hydrogens is 424 g/mol. The van der Waals surface area contributed by atoms with Crippen molar-refractivity contribution < 1.29 is 19.4 Å². The zero-order valence-electron chi connectivity index (χ0n) is 19.3. The van der Waals surface area contributed by atoms with E-state index in [4.69, 9.17) is 9.47 Å². The van der Waals surface area contributed by atoms with Crippen LogP contribution in [-0.4, -0.2) is 72.5 Å². The van der Waals surface area contributed by atoms with Gasteiger partial charge in [-0.1, -0.05) is 6.42 Å². The first-order valence-electron chi connectivity index (χ1n) is 12.4. The lowest BCUT2D eigenvalue weighted by molar-refractivity contribution is -0.170. The number of likely N-dealkylation sites (tertiary alicyclic amines) is 2. The van der Waals surface area contributed by atoms with E-state index >= 15 is 0 Å². The normalized spacial score (nSPS) is 27.8. The smallest absolute Gasteiger partial charge is 0.288 e. The Bertz CT molecular complexity index is 739. The highest BCUT2D eigenvalue weighted by Gasteiger charge is 2.39. The van der Waals surface area contributed by atoms with E-state index in [1.54, 1.807) is 11.3 Å². The third kappa shape index (κ3) is 5.56. The van der Waals surface area contributed by atoms with Gasteiger partial charge in [0.1, 0.15) is 0 Å². The summed E-state index contributed by atoms with van der Waals surface area (Å²) >= 11 is 1.66. The Morgan fingerprint density at radius 1 is 1.22 bits per heavy atom. The van der Waals surface area contributed by atoms with Gasteiger partial charge in [0.15, 0.2) is 5.76 Å². The molecule has 0 radical (unpaired) electrons. The maximum Gasteiger partial charge on any atom is 0.288 e. The van der Waals surface area contributed by atoms with E-state index in [9.17, 15) is 9.90 Å². The lowest BCUT2D eigenvalue weighted by Crippen LogP contribution is -2.49. The van der Waals surface area contributed by atoms with Crippen LogP contribution in [0.1, 0.15) is 63.4 Å². The Kier molecular flexibility index (Phi) is 8.63. The van der Waals surface area contributed by atoms with Gasteiger partial charge < -0.3 is 24.4 Å². The van der Waals surface area contributed by atoms with Crippen LogP contribution in [0.15, 0.2) is 28.7 Å². The summed E-state index contributed by atoms with van der Waals surface area (Å²) in [6.45, 7) is 6.62. The SMILES string of the molecule is CCO[C@H]1OC(C(=O)N2CCC(N3CCCCC3)CC2)=C[C@@H](c2ccsc2)[C@@H]1CCCO. The minimum absolute atomic E-state index is 0.00682. The number of rotatable bonds is 8. The van der Waals surface area contributed by atoms with E-state index in [0.717, 1.165) is 32.4 Å². The monoisotopic (exact) mass is 462 g/mol. The molecule has 3 aliphatic rings. The second-order valence-corrected chi connectivity index (χ2v) is 9.98. The summed E-state index contributed by atoms with van der Waals surface area (Å²) in [6, 6.07) is 2.73. The van der Waals surface area contributed by atoms with E-state index in [2.05, 4.69) is 21.7 Å². The van der Waals surface area contributed by atoms with Crippen molar-refractivity contribution in [3.63, 3.8) is 0 Å². The van der Waals surface area contributed by atoms with Gasteiger partial charge >= 0.3 is 0 Å². The molecule has 4 rings (SSSR count). The van der Waals surface area contributed by atoms with Gasteiger partial charge in [-0.3, -0.25) is 4.79 Å². The molecule has 1 aromatic rings. The summed E-state index contributed by atoms with van der Waals surface area (Å²) in [5.41, 5.74) is 1.19. The molecule has 178 valence electrons. The molecule has 2 saturated heterocycles. The molecule has 1 amide bonds. The molecule has 0 bridgehead atoms. The Morgan fingerprint density at radius 2 is 2.00 bits per heavy atom. The van der Waals surface area contributed by atoms with Crippen molar-refractivity contribution in [2.75, 3.05) is 39.4 Å². The summed E-state index contributed by atoms with van der Waals surface area (Å²) in [5, 5.41) is 13.6. The zero-order chi connectivity index (χ0) is 22.3. The highest BCUT2D eigenvalue weighted by molar-refractivity contribution is 7.08. The molecule has 7 heteroatoms. The van der Waals surface area contributed by atoms with Gasteiger partial charge in [0.25, 0.3) is 5.91 Å². The first kappa shape index (κ1) is 23.7. The van der Waals surface area contributed by atoms with Gasteiger partial charge in [-0.25, -0.2) is 0 Å².